The summed E-state index contributed by atoms with van der Waals surface area (Å²) in [4.78, 5) is 1.88. The minimum atomic E-state index is -0.125. The molecule has 0 spiro atoms. The van der Waals surface area contributed by atoms with Gasteiger partial charge in [0, 0.05) is 42.3 Å². The predicted octanol–water partition coefficient (Wildman–Crippen LogP) is 13.9. The Morgan fingerprint density at radius 1 is 0.510 bits per heavy atom. The van der Waals surface area contributed by atoms with Crippen molar-refractivity contribution < 1.29 is 9.90 Å². The number of hydrogen-bond donors (Lipinski definition) is 0. The summed E-state index contributed by atoms with van der Waals surface area (Å²) in [6.07, 6.45) is 0. The largest absolute Gasteiger partial charge is 0.455 e. The van der Waals surface area contributed by atoms with Crippen molar-refractivity contribution in [2.45, 2.75) is 0 Å². The van der Waals surface area contributed by atoms with Gasteiger partial charge in [0.05, 0.1) is 16.6 Å². The Morgan fingerprint density at radius 3 is 2.14 bits per heavy atom. The van der Waals surface area contributed by atoms with Crippen molar-refractivity contribution in [3.8, 4) is 22.3 Å². The van der Waals surface area contributed by atoms with Crippen molar-refractivity contribution >= 4 is 81.3 Å². The van der Waals surface area contributed by atoms with Crippen molar-refractivity contribution in [2.75, 3.05) is 4.90 Å². The molecule has 10 rings (SSSR count). The maximum absolute atomic E-state index is 9.67. The molecule has 0 aliphatic rings. The van der Waals surface area contributed by atoms with Gasteiger partial charge >= 0.3 is 0 Å². The van der Waals surface area contributed by atoms with Crippen LogP contribution in [0, 0.1) is 0 Å². The zero-order chi connectivity index (χ0) is 35.8. The van der Waals surface area contributed by atoms with Crippen LogP contribution in [0.15, 0.2) is 180 Å². The standard InChI is InChI=1S/C46H29NOS/c1-2-11-30(12-3-1)33-14-8-15-35(29-33)47(41-20-10-21-42-44(41)40-28-25-31-13-4-5-16-36(31)45(40)48-42)34-26-23-32(24-27-34)37-18-9-19-39-38-17-6-7-22-43(38)49-46(37)39/h1-29H/i23D,24D,26D,27D. The van der Waals surface area contributed by atoms with Gasteiger partial charge in [-0.1, -0.05) is 127 Å². The van der Waals surface area contributed by atoms with E-state index in [-0.39, 0.29) is 35.4 Å². The zero-order valence-electron chi connectivity index (χ0n) is 30.2. The van der Waals surface area contributed by atoms with Crippen molar-refractivity contribution in [2.24, 2.45) is 0 Å². The van der Waals surface area contributed by atoms with Crippen LogP contribution in [0.25, 0.3) is 75.1 Å². The molecular weight excluding hydrogens is 615 g/mol. The van der Waals surface area contributed by atoms with Crippen LogP contribution in [0.3, 0.4) is 0 Å². The second kappa shape index (κ2) is 11.2. The number of benzene rings is 8. The van der Waals surface area contributed by atoms with E-state index >= 15 is 0 Å². The van der Waals surface area contributed by atoms with E-state index in [1.54, 1.807) is 11.3 Å². The lowest BCUT2D eigenvalue weighted by Crippen LogP contribution is -2.10. The molecule has 0 radical (unpaired) electrons. The molecule has 0 aliphatic heterocycles. The number of hydrogen-bond acceptors (Lipinski definition) is 3. The van der Waals surface area contributed by atoms with Gasteiger partial charge in [0.1, 0.15) is 11.2 Å². The smallest absolute Gasteiger partial charge is 0.143 e. The summed E-state index contributed by atoms with van der Waals surface area (Å²) in [7, 11) is 0. The first-order chi connectivity index (χ1) is 26.0. The van der Waals surface area contributed by atoms with E-state index in [0.717, 1.165) is 58.4 Å². The van der Waals surface area contributed by atoms with Gasteiger partial charge in [0.2, 0.25) is 0 Å². The highest BCUT2D eigenvalue weighted by Gasteiger charge is 2.21. The molecule has 49 heavy (non-hydrogen) atoms. The summed E-state index contributed by atoms with van der Waals surface area (Å²) < 4.78 is 47.1. The monoisotopic (exact) mass is 647 g/mol. The van der Waals surface area contributed by atoms with Crippen LogP contribution in [0.2, 0.25) is 0 Å². The second-order valence-corrected chi connectivity index (χ2v) is 13.2. The molecule has 0 unspecified atom stereocenters. The van der Waals surface area contributed by atoms with Crippen molar-refractivity contribution in [1.82, 2.24) is 0 Å². The number of rotatable bonds is 5. The molecule has 3 heteroatoms. The quantitative estimate of drug-likeness (QED) is 0.185. The van der Waals surface area contributed by atoms with E-state index in [4.69, 9.17) is 4.42 Å². The van der Waals surface area contributed by atoms with Crippen LogP contribution in [-0.4, -0.2) is 0 Å². The molecule has 10 aromatic rings. The number of thiophene rings is 1. The molecule has 0 saturated carbocycles. The Balaban J connectivity index is 1.27. The molecule has 0 atom stereocenters. The predicted molar refractivity (Wildman–Crippen MR) is 210 cm³/mol. The minimum absolute atomic E-state index is 0.0922. The summed E-state index contributed by atoms with van der Waals surface area (Å²) in [5.41, 5.74) is 5.97. The number of furan rings is 1. The van der Waals surface area contributed by atoms with Gasteiger partial charge in [-0.2, -0.15) is 0 Å². The van der Waals surface area contributed by atoms with Gasteiger partial charge in [0.15, 0.2) is 0 Å². The topological polar surface area (TPSA) is 16.4 Å². The molecular formula is C46H29NOS. The first-order valence-corrected chi connectivity index (χ1v) is 17.1. The summed E-state index contributed by atoms with van der Waals surface area (Å²) in [6, 6.07) is 49.9. The Morgan fingerprint density at radius 2 is 1.24 bits per heavy atom. The second-order valence-electron chi connectivity index (χ2n) is 12.2. The molecule has 0 N–H and O–H groups in total. The van der Waals surface area contributed by atoms with E-state index in [2.05, 4.69) is 54.6 Å². The van der Waals surface area contributed by atoms with Gasteiger partial charge in [-0.05, 0) is 76.1 Å². The van der Waals surface area contributed by atoms with E-state index < -0.39 is 0 Å². The SMILES string of the molecule is [2H]c1c([2H])c(N(c2cccc(-c3ccccc3)c2)c2cccc3oc4c5ccccc5ccc4c23)c([2H])c([2H])c1-c1cccc2c1sc1ccccc12. The number of anilines is 3. The molecule has 0 saturated heterocycles. The number of nitrogens with zero attached hydrogens (tertiary/aromatic N) is 1. The highest BCUT2D eigenvalue weighted by Crippen LogP contribution is 2.46. The average Bonchev–Trinajstić information content (AvgIpc) is 3.79. The van der Waals surface area contributed by atoms with Crippen molar-refractivity contribution in [3.05, 3.63) is 176 Å². The van der Waals surface area contributed by atoms with Gasteiger partial charge in [-0.15, -0.1) is 11.3 Å². The molecule has 2 heterocycles. The van der Waals surface area contributed by atoms with Crippen LogP contribution in [0.4, 0.5) is 17.1 Å². The lowest BCUT2D eigenvalue weighted by atomic mass is 10.0. The first-order valence-electron chi connectivity index (χ1n) is 18.3. The van der Waals surface area contributed by atoms with Crippen LogP contribution in [0.1, 0.15) is 5.48 Å². The molecule has 0 amide bonds. The molecule has 8 aromatic carbocycles. The third kappa shape index (κ3) is 4.55. The summed E-state index contributed by atoms with van der Waals surface area (Å²) in [5.74, 6) is 0. The van der Waals surface area contributed by atoms with Crippen LogP contribution in [-0.2, 0) is 0 Å². The van der Waals surface area contributed by atoms with E-state index in [1.165, 1.54) is 0 Å². The maximum Gasteiger partial charge on any atom is 0.143 e. The van der Waals surface area contributed by atoms with E-state index in [1.807, 2.05) is 102 Å². The highest BCUT2D eigenvalue weighted by atomic mass is 32.1. The fourth-order valence-electron chi connectivity index (χ4n) is 7.06. The van der Waals surface area contributed by atoms with Crippen LogP contribution >= 0.6 is 11.3 Å². The lowest BCUT2D eigenvalue weighted by molar-refractivity contribution is 0.672. The first kappa shape index (κ1) is 24.1. The normalized spacial score (nSPS) is 12.8. The number of fused-ring (bicyclic) bond motifs is 8. The lowest BCUT2D eigenvalue weighted by Gasteiger charge is -2.27. The highest BCUT2D eigenvalue weighted by molar-refractivity contribution is 7.26. The Bertz CT molecular complexity index is 3050. The molecule has 230 valence electrons. The van der Waals surface area contributed by atoms with Crippen LogP contribution < -0.4 is 4.90 Å². The fourth-order valence-corrected chi connectivity index (χ4v) is 8.28. The van der Waals surface area contributed by atoms with E-state index in [0.29, 0.717) is 22.5 Å². The molecule has 0 fully saturated rings. The van der Waals surface area contributed by atoms with E-state index in [9.17, 15) is 5.48 Å². The average molecular weight is 648 g/mol. The molecule has 0 aliphatic carbocycles. The Kier molecular flexibility index (Phi) is 5.51. The van der Waals surface area contributed by atoms with Gasteiger partial charge in [-0.3, -0.25) is 0 Å². The van der Waals surface area contributed by atoms with Gasteiger partial charge in [0.25, 0.3) is 0 Å². The van der Waals surface area contributed by atoms with Gasteiger partial charge < -0.3 is 9.32 Å². The summed E-state index contributed by atoms with van der Waals surface area (Å²) >= 11 is 1.61. The van der Waals surface area contributed by atoms with Crippen molar-refractivity contribution in [3.63, 3.8) is 0 Å². The van der Waals surface area contributed by atoms with Crippen molar-refractivity contribution in [1.29, 1.82) is 0 Å². The molecule has 2 aromatic heterocycles. The summed E-state index contributed by atoms with van der Waals surface area (Å²) in [5, 5.41) is 5.94. The van der Waals surface area contributed by atoms with Crippen LogP contribution in [0.5, 0.6) is 0 Å². The fraction of sp³-hybridized carbons (Fsp3) is 0. The maximum atomic E-state index is 9.67. The third-order valence-corrected chi connectivity index (χ3v) is 10.5. The zero-order valence-corrected chi connectivity index (χ0v) is 27.0. The third-order valence-electron chi connectivity index (χ3n) is 9.33. The minimum Gasteiger partial charge on any atom is -0.455 e. The molecule has 0 bridgehead atoms. The van der Waals surface area contributed by atoms with Gasteiger partial charge in [-0.25, -0.2) is 0 Å². The Labute approximate surface area is 293 Å². The summed E-state index contributed by atoms with van der Waals surface area (Å²) in [6.45, 7) is 0. The molecule has 2 nitrogen and oxygen atoms in total. The Hall–Kier alpha value is -6.16.